The van der Waals surface area contributed by atoms with Crippen molar-refractivity contribution in [3.05, 3.63) is 59.5 Å². The molecule has 0 spiro atoms. The van der Waals surface area contributed by atoms with E-state index in [4.69, 9.17) is 23.6 Å². The first-order valence-electron chi connectivity index (χ1n) is 11.2. The lowest BCUT2D eigenvalue weighted by Gasteiger charge is -2.32. The van der Waals surface area contributed by atoms with Gasteiger partial charge in [-0.1, -0.05) is 18.2 Å². The van der Waals surface area contributed by atoms with Crippen LogP contribution in [0.15, 0.2) is 46.9 Å². The highest BCUT2D eigenvalue weighted by molar-refractivity contribution is 5.65. The smallest absolute Gasteiger partial charge is 0.230 e. The summed E-state index contributed by atoms with van der Waals surface area (Å²) in [6.07, 6.45) is 2.35. The van der Waals surface area contributed by atoms with Gasteiger partial charge < -0.3 is 18.6 Å². The number of hydrogen-bond donors (Lipinski definition) is 0. The van der Waals surface area contributed by atoms with E-state index in [1.807, 2.05) is 43.3 Å². The van der Waals surface area contributed by atoms with Crippen molar-refractivity contribution in [3.63, 3.8) is 0 Å². The molecule has 0 bridgehead atoms. The summed E-state index contributed by atoms with van der Waals surface area (Å²) in [6, 6.07) is 13.9. The van der Waals surface area contributed by atoms with Crippen LogP contribution in [0.2, 0.25) is 0 Å². The Morgan fingerprint density at radius 3 is 2.69 bits per heavy atom. The Balaban J connectivity index is 1.41. The summed E-state index contributed by atoms with van der Waals surface area (Å²) in [7, 11) is 3.28. The van der Waals surface area contributed by atoms with E-state index in [-0.39, 0.29) is 0 Å². The number of hydrogen-bond acceptors (Lipinski definition) is 6. The van der Waals surface area contributed by atoms with Gasteiger partial charge in [0, 0.05) is 25.1 Å². The first kappa shape index (κ1) is 22.2. The third-order valence-corrected chi connectivity index (χ3v) is 6.08. The second kappa shape index (κ2) is 10.1. The van der Waals surface area contributed by atoms with E-state index in [0.29, 0.717) is 17.6 Å². The van der Waals surface area contributed by atoms with Gasteiger partial charge in [-0.3, -0.25) is 4.90 Å². The molecule has 170 valence electrons. The Bertz CT molecular complexity index is 1050. The molecule has 6 nitrogen and oxygen atoms in total. The predicted octanol–water partition coefficient (Wildman–Crippen LogP) is 5.27. The third-order valence-electron chi connectivity index (χ3n) is 6.08. The first-order valence-corrected chi connectivity index (χ1v) is 11.2. The number of rotatable bonds is 8. The second-order valence-corrected chi connectivity index (χ2v) is 8.41. The van der Waals surface area contributed by atoms with Crippen molar-refractivity contribution in [1.29, 1.82) is 0 Å². The van der Waals surface area contributed by atoms with Crippen LogP contribution in [0.1, 0.15) is 29.9 Å². The molecule has 0 aliphatic carbocycles. The lowest BCUT2D eigenvalue weighted by atomic mass is 9.98. The minimum atomic E-state index is 0.511. The average Bonchev–Trinajstić information content (AvgIpc) is 3.18. The fourth-order valence-electron chi connectivity index (χ4n) is 4.23. The van der Waals surface area contributed by atoms with Crippen molar-refractivity contribution < 1.29 is 18.6 Å². The van der Waals surface area contributed by atoms with Gasteiger partial charge in [0.2, 0.25) is 5.89 Å². The van der Waals surface area contributed by atoms with Crippen molar-refractivity contribution in [2.24, 2.45) is 5.92 Å². The van der Waals surface area contributed by atoms with E-state index in [1.54, 1.807) is 14.2 Å². The zero-order chi connectivity index (χ0) is 22.5. The quantitative estimate of drug-likeness (QED) is 0.480. The molecule has 1 aromatic heterocycles. The fourth-order valence-corrected chi connectivity index (χ4v) is 4.23. The Morgan fingerprint density at radius 2 is 1.91 bits per heavy atom. The minimum absolute atomic E-state index is 0.511. The molecule has 0 saturated carbocycles. The molecule has 2 heterocycles. The molecule has 0 amide bonds. The molecule has 3 aromatic rings. The molecule has 6 heteroatoms. The Kier molecular flexibility index (Phi) is 7.00. The first-order chi connectivity index (χ1) is 15.6. The minimum Gasteiger partial charge on any atom is -0.497 e. The lowest BCUT2D eigenvalue weighted by Crippen LogP contribution is -2.37. The summed E-state index contributed by atoms with van der Waals surface area (Å²) in [4.78, 5) is 7.26. The van der Waals surface area contributed by atoms with Gasteiger partial charge in [0.25, 0.3) is 0 Å². The van der Waals surface area contributed by atoms with Gasteiger partial charge in [0.15, 0.2) is 0 Å². The van der Waals surface area contributed by atoms with E-state index in [0.717, 1.165) is 61.2 Å². The average molecular weight is 437 g/mol. The molecule has 32 heavy (non-hydrogen) atoms. The molecular formula is C26H32N2O4. The molecule has 2 aromatic carbocycles. The van der Waals surface area contributed by atoms with Crippen LogP contribution < -0.4 is 14.2 Å². The van der Waals surface area contributed by atoms with Crippen LogP contribution in [0.25, 0.3) is 11.5 Å². The Morgan fingerprint density at radius 1 is 1.06 bits per heavy atom. The number of aryl methyl sites for hydroxylation is 2. The van der Waals surface area contributed by atoms with Crippen LogP contribution in [0.5, 0.6) is 17.2 Å². The molecule has 1 atom stereocenters. The van der Waals surface area contributed by atoms with Crippen LogP contribution in [0.3, 0.4) is 0 Å². The highest BCUT2D eigenvalue weighted by Crippen LogP contribution is 2.34. The van der Waals surface area contributed by atoms with Crippen molar-refractivity contribution in [3.8, 4) is 28.7 Å². The van der Waals surface area contributed by atoms with E-state index in [2.05, 4.69) is 17.9 Å². The number of para-hydroxylation sites is 1. The highest BCUT2D eigenvalue weighted by Gasteiger charge is 2.23. The molecular weight excluding hydrogens is 404 g/mol. The molecule has 1 aliphatic heterocycles. The molecule has 1 aliphatic rings. The fraction of sp³-hybridized carbons (Fsp3) is 0.423. The largest absolute Gasteiger partial charge is 0.497 e. The Labute approximate surface area is 190 Å². The molecule has 0 radical (unpaired) electrons. The van der Waals surface area contributed by atoms with Gasteiger partial charge in [0.1, 0.15) is 23.0 Å². The number of ether oxygens (including phenoxy) is 3. The van der Waals surface area contributed by atoms with Crippen LogP contribution in [0.4, 0.5) is 0 Å². The number of oxazole rings is 1. The van der Waals surface area contributed by atoms with Gasteiger partial charge in [-0.25, -0.2) is 4.98 Å². The summed E-state index contributed by atoms with van der Waals surface area (Å²) in [5.74, 6) is 4.33. The molecule has 0 unspecified atom stereocenters. The highest BCUT2D eigenvalue weighted by atomic mass is 16.5. The van der Waals surface area contributed by atoms with E-state index in [9.17, 15) is 0 Å². The van der Waals surface area contributed by atoms with Crippen molar-refractivity contribution in [1.82, 2.24) is 9.88 Å². The molecule has 1 saturated heterocycles. The number of benzene rings is 2. The predicted molar refractivity (Wildman–Crippen MR) is 124 cm³/mol. The van der Waals surface area contributed by atoms with Gasteiger partial charge in [-0.15, -0.1) is 0 Å². The van der Waals surface area contributed by atoms with Crippen LogP contribution in [0, 0.1) is 19.8 Å². The summed E-state index contributed by atoms with van der Waals surface area (Å²) < 4.78 is 23.0. The molecule has 0 N–H and O–H groups in total. The summed E-state index contributed by atoms with van der Waals surface area (Å²) >= 11 is 0. The number of nitrogens with zero attached hydrogens (tertiary/aromatic N) is 2. The summed E-state index contributed by atoms with van der Waals surface area (Å²) in [5, 5.41) is 0. The maximum absolute atomic E-state index is 6.12. The van der Waals surface area contributed by atoms with Gasteiger partial charge >= 0.3 is 0 Å². The lowest BCUT2D eigenvalue weighted by molar-refractivity contribution is 0.123. The second-order valence-electron chi connectivity index (χ2n) is 8.41. The van der Waals surface area contributed by atoms with Crippen molar-refractivity contribution in [2.75, 3.05) is 33.9 Å². The Hall–Kier alpha value is -2.99. The normalized spacial score (nSPS) is 16.7. The van der Waals surface area contributed by atoms with E-state index >= 15 is 0 Å². The molecule has 1 fully saturated rings. The van der Waals surface area contributed by atoms with Gasteiger partial charge in [-0.05, 0) is 57.0 Å². The SMILES string of the molecule is COc1ccc(-c2nc(CN3CCC[C@@H](COc4ccccc4C)C3)c(C)o2)c(OC)c1. The van der Waals surface area contributed by atoms with E-state index in [1.165, 1.54) is 12.0 Å². The zero-order valence-electron chi connectivity index (χ0n) is 19.4. The van der Waals surface area contributed by atoms with Crippen LogP contribution >= 0.6 is 0 Å². The van der Waals surface area contributed by atoms with Crippen molar-refractivity contribution >= 4 is 0 Å². The third kappa shape index (κ3) is 5.07. The standard InChI is InChI=1S/C26H32N2O4/c1-18-8-5-6-10-24(18)31-17-20-9-7-13-28(15-20)16-23-19(2)32-26(27-23)22-12-11-21(29-3)14-25(22)30-4/h5-6,8,10-12,14,20H,7,9,13,15-17H2,1-4H3/t20-/m1/s1. The number of likely N-dealkylation sites (tertiary alicyclic amines) is 1. The van der Waals surface area contributed by atoms with Gasteiger partial charge in [-0.2, -0.15) is 0 Å². The van der Waals surface area contributed by atoms with Crippen LogP contribution in [-0.4, -0.2) is 43.8 Å². The summed E-state index contributed by atoms with van der Waals surface area (Å²) in [5.41, 5.74) is 2.98. The monoisotopic (exact) mass is 436 g/mol. The maximum Gasteiger partial charge on any atom is 0.230 e. The zero-order valence-corrected chi connectivity index (χ0v) is 19.4. The van der Waals surface area contributed by atoms with Crippen molar-refractivity contribution in [2.45, 2.75) is 33.2 Å². The maximum atomic E-state index is 6.12. The topological polar surface area (TPSA) is 57.0 Å². The molecule has 4 rings (SSSR count). The number of aromatic nitrogens is 1. The van der Waals surface area contributed by atoms with Gasteiger partial charge in [0.05, 0.1) is 32.1 Å². The van der Waals surface area contributed by atoms with E-state index < -0.39 is 0 Å². The van der Waals surface area contributed by atoms with Crippen LogP contribution in [-0.2, 0) is 6.54 Å². The number of methoxy groups -OCH3 is 2. The number of piperidine rings is 1. The summed E-state index contributed by atoms with van der Waals surface area (Å²) in [6.45, 7) is 7.64.